The van der Waals surface area contributed by atoms with Crippen LogP contribution in [-0.4, -0.2) is 46.1 Å². The van der Waals surface area contributed by atoms with E-state index in [9.17, 15) is 9.59 Å². The van der Waals surface area contributed by atoms with Gasteiger partial charge in [0.25, 0.3) is 0 Å². The molecule has 0 bridgehead atoms. The van der Waals surface area contributed by atoms with Crippen molar-refractivity contribution in [1.82, 2.24) is 9.88 Å². The van der Waals surface area contributed by atoms with E-state index in [0.29, 0.717) is 18.9 Å². The standard InChI is InChI=1S/C20H24ClN3O3/c1-20(2,3)27-19(26)23-10-6-9-16(13-23)24(18(21)25)17-11-14-7-4-5-8-15(14)12-22-17/h4-5,7-8,11-12,16H,6,9-10,13H2,1-3H3. The molecule has 0 N–H and O–H groups in total. The van der Waals surface area contributed by atoms with E-state index in [1.807, 2.05) is 51.1 Å². The smallest absolute Gasteiger partial charge is 0.410 e. The minimum atomic E-state index is -0.603. The van der Waals surface area contributed by atoms with E-state index in [4.69, 9.17) is 16.3 Å². The first-order valence-corrected chi connectivity index (χ1v) is 9.44. The predicted molar refractivity (Wildman–Crippen MR) is 106 cm³/mol. The summed E-state index contributed by atoms with van der Waals surface area (Å²) in [7, 11) is 0. The third kappa shape index (κ3) is 4.69. The lowest BCUT2D eigenvalue weighted by Gasteiger charge is -2.38. The Morgan fingerprint density at radius 2 is 1.96 bits per heavy atom. The quantitative estimate of drug-likeness (QED) is 0.546. The van der Waals surface area contributed by atoms with E-state index < -0.39 is 11.0 Å². The van der Waals surface area contributed by atoms with Crippen LogP contribution in [0.15, 0.2) is 36.5 Å². The van der Waals surface area contributed by atoms with Crippen LogP contribution in [0.4, 0.5) is 15.4 Å². The summed E-state index contributed by atoms with van der Waals surface area (Å²) in [5, 5.41) is 1.36. The van der Waals surface area contributed by atoms with Crippen LogP contribution in [0.5, 0.6) is 0 Å². The van der Waals surface area contributed by atoms with Crippen LogP contribution in [0.25, 0.3) is 10.8 Å². The SMILES string of the molecule is CC(C)(C)OC(=O)N1CCCC(N(C(=O)Cl)c2cc3ccccc3cn2)C1. The van der Waals surface area contributed by atoms with Crippen LogP contribution >= 0.6 is 11.6 Å². The van der Waals surface area contributed by atoms with Gasteiger partial charge in [0.2, 0.25) is 0 Å². The molecule has 1 aromatic carbocycles. The molecule has 1 atom stereocenters. The molecule has 144 valence electrons. The molecule has 27 heavy (non-hydrogen) atoms. The second-order valence-corrected chi connectivity index (χ2v) is 8.06. The molecule has 2 heterocycles. The van der Waals surface area contributed by atoms with Gasteiger partial charge in [0, 0.05) is 24.7 Å². The highest BCUT2D eigenvalue weighted by molar-refractivity contribution is 6.66. The summed E-state index contributed by atoms with van der Waals surface area (Å²) in [6.07, 6.45) is 2.86. The third-order valence-corrected chi connectivity index (χ3v) is 4.65. The zero-order valence-corrected chi connectivity index (χ0v) is 16.6. The van der Waals surface area contributed by atoms with E-state index in [2.05, 4.69) is 4.98 Å². The number of carbonyl (C=O) groups excluding carboxylic acids is 2. The molecule has 3 rings (SSSR count). The number of fused-ring (bicyclic) bond motifs is 1. The van der Waals surface area contributed by atoms with E-state index in [1.165, 1.54) is 4.90 Å². The average Bonchev–Trinajstić information content (AvgIpc) is 2.60. The second-order valence-electron chi connectivity index (χ2n) is 7.74. The number of ether oxygens (including phenoxy) is 1. The molecular formula is C20H24ClN3O3. The Balaban J connectivity index is 1.83. The number of hydrogen-bond acceptors (Lipinski definition) is 4. The molecule has 1 aliphatic heterocycles. The number of anilines is 1. The van der Waals surface area contributed by atoms with Crippen LogP contribution in [0.2, 0.25) is 0 Å². The maximum atomic E-state index is 12.4. The van der Waals surface area contributed by atoms with Crippen molar-refractivity contribution in [2.45, 2.75) is 45.3 Å². The fraction of sp³-hybridized carbons (Fsp3) is 0.450. The molecule has 1 saturated heterocycles. The monoisotopic (exact) mass is 389 g/mol. The first-order chi connectivity index (χ1) is 12.7. The van der Waals surface area contributed by atoms with Crippen LogP contribution in [0.3, 0.4) is 0 Å². The van der Waals surface area contributed by atoms with Gasteiger partial charge in [-0.3, -0.25) is 9.69 Å². The lowest BCUT2D eigenvalue weighted by Crippen LogP contribution is -2.52. The number of nitrogens with zero attached hydrogens (tertiary/aromatic N) is 3. The number of carbonyl (C=O) groups is 2. The summed E-state index contributed by atoms with van der Waals surface area (Å²) in [6.45, 7) is 6.46. The van der Waals surface area contributed by atoms with Gasteiger partial charge in [-0.15, -0.1) is 0 Å². The van der Waals surface area contributed by atoms with Crippen molar-refractivity contribution in [2.75, 3.05) is 18.0 Å². The highest BCUT2D eigenvalue weighted by Crippen LogP contribution is 2.26. The van der Waals surface area contributed by atoms with Crippen molar-refractivity contribution in [2.24, 2.45) is 0 Å². The third-order valence-electron chi connectivity index (χ3n) is 4.47. The average molecular weight is 390 g/mol. The lowest BCUT2D eigenvalue weighted by molar-refractivity contribution is 0.0200. The van der Waals surface area contributed by atoms with Crippen molar-refractivity contribution in [3.63, 3.8) is 0 Å². The summed E-state index contributed by atoms with van der Waals surface area (Å²) in [5.74, 6) is 0.490. The Labute approximate surface area is 164 Å². The van der Waals surface area contributed by atoms with Crippen molar-refractivity contribution >= 4 is 39.7 Å². The fourth-order valence-electron chi connectivity index (χ4n) is 3.28. The first-order valence-electron chi connectivity index (χ1n) is 9.06. The molecule has 1 fully saturated rings. The first kappa shape index (κ1) is 19.4. The maximum absolute atomic E-state index is 12.4. The Morgan fingerprint density at radius 3 is 2.63 bits per heavy atom. The molecule has 7 heteroatoms. The Kier molecular flexibility index (Phi) is 5.56. The summed E-state index contributed by atoms with van der Waals surface area (Å²) >= 11 is 5.91. The van der Waals surface area contributed by atoms with Gasteiger partial charge >= 0.3 is 11.5 Å². The predicted octanol–water partition coefficient (Wildman–Crippen LogP) is 4.80. The topological polar surface area (TPSA) is 62.7 Å². The summed E-state index contributed by atoms with van der Waals surface area (Å²) in [4.78, 5) is 32.1. The minimum Gasteiger partial charge on any atom is -0.444 e. The zero-order chi connectivity index (χ0) is 19.6. The van der Waals surface area contributed by atoms with Gasteiger partial charge in [-0.2, -0.15) is 0 Å². The molecule has 0 aliphatic carbocycles. The van der Waals surface area contributed by atoms with Crippen molar-refractivity contribution in [3.05, 3.63) is 36.5 Å². The highest BCUT2D eigenvalue weighted by atomic mass is 35.5. The van der Waals surface area contributed by atoms with Gasteiger partial charge in [0.05, 0.1) is 6.04 Å². The van der Waals surface area contributed by atoms with Crippen LogP contribution in [-0.2, 0) is 4.74 Å². The van der Waals surface area contributed by atoms with E-state index >= 15 is 0 Å². The summed E-state index contributed by atoms with van der Waals surface area (Å²) in [5.41, 5.74) is -0.564. The van der Waals surface area contributed by atoms with Gasteiger partial charge in [0.15, 0.2) is 0 Å². The number of rotatable bonds is 2. The van der Waals surface area contributed by atoms with Crippen molar-refractivity contribution in [3.8, 4) is 0 Å². The number of pyridine rings is 1. The second kappa shape index (κ2) is 7.72. The van der Waals surface area contributed by atoms with Gasteiger partial charge in [-0.25, -0.2) is 9.78 Å². The lowest BCUT2D eigenvalue weighted by atomic mass is 10.0. The van der Waals surface area contributed by atoms with Gasteiger partial charge in [-0.05, 0) is 56.7 Å². The highest BCUT2D eigenvalue weighted by Gasteiger charge is 2.33. The Hall–Kier alpha value is -2.34. The molecule has 6 nitrogen and oxygen atoms in total. The maximum Gasteiger partial charge on any atom is 0.410 e. The van der Waals surface area contributed by atoms with E-state index in [0.717, 1.165) is 23.6 Å². The molecule has 0 saturated carbocycles. The van der Waals surface area contributed by atoms with Gasteiger partial charge in [0.1, 0.15) is 11.4 Å². The normalized spacial score (nSPS) is 17.6. The number of amides is 2. The van der Waals surface area contributed by atoms with Crippen LogP contribution in [0, 0.1) is 0 Å². The number of aromatic nitrogens is 1. The molecule has 2 amide bonds. The fourth-order valence-corrected chi connectivity index (χ4v) is 3.51. The number of halogens is 1. The molecule has 0 radical (unpaired) electrons. The zero-order valence-electron chi connectivity index (χ0n) is 15.8. The molecule has 1 aliphatic rings. The largest absolute Gasteiger partial charge is 0.444 e. The van der Waals surface area contributed by atoms with Crippen molar-refractivity contribution < 1.29 is 14.3 Å². The molecule has 1 aromatic heterocycles. The summed E-state index contributed by atoms with van der Waals surface area (Å²) < 4.78 is 5.46. The Morgan fingerprint density at radius 1 is 1.26 bits per heavy atom. The molecule has 2 aromatic rings. The van der Waals surface area contributed by atoms with Crippen LogP contribution < -0.4 is 4.90 Å². The van der Waals surface area contributed by atoms with Gasteiger partial charge in [-0.1, -0.05) is 24.3 Å². The number of piperidine rings is 1. The Bertz CT molecular complexity index is 850. The van der Waals surface area contributed by atoms with Crippen molar-refractivity contribution in [1.29, 1.82) is 0 Å². The minimum absolute atomic E-state index is 0.245. The molecule has 0 spiro atoms. The van der Waals surface area contributed by atoms with E-state index in [-0.39, 0.29) is 12.1 Å². The summed E-state index contributed by atoms with van der Waals surface area (Å²) in [6, 6.07) is 9.40. The molecular weight excluding hydrogens is 366 g/mol. The van der Waals surface area contributed by atoms with Gasteiger partial charge < -0.3 is 9.64 Å². The molecule has 1 unspecified atom stereocenters. The van der Waals surface area contributed by atoms with Crippen LogP contribution in [0.1, 0.15) is 33.6 Å². The number of likely N-dealkylation sites (tertiary alicyclic amines) is 1. The van der Waals surface area contributed by atoms with E-state index in [1.54, 1.807) is 11.1 Å². The number of benzene rings is 1. The number of hydrogen-bond donors (Lipinski definition) is 0.